The van der Waals surface area contributed by atoms with E-state index in [1.54, 1.807) is 113 Å². The van der Waals surface area contributed by atoms with Crippen LogP contribution in [0, 0.1) is 26.1 Å². The van der Waals surface area contributed by atoms with Crippen molar-refractivity contribution in [2.75, 3.05) is 93.2 Å². The molecule has 6 aromatic heterocycles. The highest BCUT2D eigenvalue weighted by Crippen LogP contribution is 2.38. The molecular weight excluding hydrogens is 1180 g/mol. The van der Waals surface area contributed by atoms with Crippen molar-refractivity contribution in [3.63, 3.8) is 0 Å². The average Bonchev–Trinajstić information content (AvgIpc) is 0.853. The molecule has 0 radical (unpaired) electrons. The van der Waals surface area contributed by atoms with E-state index in [0.717, 1.165) is 23.7 Å². The number of piperazine rings is 3. The topological polar surface area (TPSA) is 276 Å². The van der Waals surface area contributed by atoms with Gasteiger partial charge in [-0.25, -0.2) is 4.79 Å². The standard InChI is InChI=1S/C26H29N3O5.C19H18N4O5.C19H18N4O4S/c1-17(2)34-26(32)22-23(27-11-13-28(14-12-27)24(30)21-8-5-15-33-21)19-6-3-4-7-20(19)29(25(22)31)16-18-9-10-18;2*1-20-15-5-3-2-4-14(15)16(17(19(20)25)23(26)27)21-7-9-22(10-8-21)18(24)13-6-11-28-12-13/h3-8,15,17-18H,9-14,16H2,1-2H3;2*2-6,11-12H,7-10H2,1H3. The van der Waals surface area contributed by atoms with Gasteiger partial charge in [0.2, 0.25) is 0 Å². The largest absolute Gasteiger partial charge is 0.472 e. The summed E-state index contributed by atoms with van der Waals surface area (Å²) >= 11 is 1.47. The number of hydrogen-bond acceptors (Lipinski definition) is 18. The first kappa shape index (κ1) is 61.3. The molecule has 0 unspecified atom stereocenters. The number of amides is 3. The first-order valence-electron chi connectivity index (χ1n) is 29.5. The first-order valence-corrected chi connectivity index (χ1v) is 30.4. The molecule has 90 heavy (non-hydrogen) atoms. The summed E-state index contributed by atoms with van der Waals surface area (Å²) in [5.74, 6) is -0.158. The monoisotopic (exact) mass is 1240 g/mol. The van der Waals surface area contributed by atoms with E-state index in [9.17, 15) is 53.8 Å². The lowest BCUT2D eigenvalue weighted by Gasteiger charge is -2.37. The normalized spacial score (nSPS) is 15.2. The van der Waals surface area contributed by atoms with Crippen molar-refractivity contribution >= 4 is 96.2 Å². The van der Waals surface area contributed by atoms with Crippen LogP contribution in [0.15, 0.2) is 150 Å². The summed E-state index contributed by atoms with van der Waals surface area (Å²) in [5, 5.41) is 29.2. The summed E-state index contributed by atoms with van der Waals surface area (Å²) in [7, 11) is 3.07. The minimum Gasteiger partial charge on any atom is -0.472 e. The average molecular weight is 1240 g/mol. The SMILES string of the molecule is CC(C)OC(=O)c1c(N2CCN(C(=O)c3ccco3)CC2)c2ccccc2n(CC2CC2)c1=O.Cn1c(=O)c([N+](=O)[O-])c(N2CCN(C(=O)c3ccoc3)CC2)c2ccccc21.Cn1c(=O)c([N+](=O)[O-])c(N2CCN(C(=O)c3ccsc3)CC2)c2ccccc21. The molecule has 0 N–H and O–H groups in total. The zero-order chi connectivity index (χ0) is 63.5. The lowest BCUT2D eigenvalue weighted by molar-refractivity contribution is -0.385. The summed E-state index contributed by atoms with van der Waals surface area (Å²) in [6.45, 7) is 9.35. The van der Waals surface area contributed by atoms with Crippen LogP contribution in [0.2, 0.25) is 0 Å². The number of aromatic nitrogens is 3. The van der Waals surface area contributed by atoms with E-state index in [-0.39, 0.29) is 34.9 Å². The number of furan rings is 2. The van der Waals surface area contributed by atoms with Crippen LogP contribution in [-0.4, -0.2) is 147 Å². The van der Waals surface area contributed by atoms with Gasteiger partial charge in [0, 0.05) is 121 Å². The van der Waals surface area contributed by atoms with Gasteiger partial charge in [0.25, 0.3) is 23.3 Å². The Bertz CT molecular complexity index is 4200. The molecule has 9 aromatic rings. The number of ether oxygens (including phenoxy) is 1. The van der Waals surface area contributed by atoms with Crippen LogP contribution in [0.3, 0.4) is 0 Å². The maximum atomic E-state index is 13.7. The zero-order valence-electron chi connectivity index (χ0n) is 49.9. The summed E-state index contributed by atoms with van der Waals surface area (Å²) in [6, 6.07) is 28.8. The van der Waals surface area contributed by atoms with Crippen molar-refractivity contribution in [2.45, 2.75) is 39.3 Å². The maximum absolute atomic E-state index is 13.7. The van der Waals surface area contributed by atoms with E-state index in [0.29, 0.717) is 147 Å². The van der Waals surface area contributed by atoms with Crippen molar-refractivity contribution < 1.29 is 42.6 Å². The second-order valence-corrected chi connectivity index (χ2v) is 23.3. The molecule has 0 spiro atoms. The van der Waals surface area contributed by atoms with Crippen LogP contribution in [0.4, 0.5) is 28.4 Å². The molecule has 0 atom stereocenters. The third kappa shape index (κ3) is 12.3. The van der Waals surface area contributed by atoms with Gasteiger partial charge in [-0.3, -0.25) is 49.0 Å². The Morgan fingerprint density at radius 1 is 0.567 bits per heavy atom. The quantitative estimate of drug-likeness (QED) is 0.0636. The molecule has 26 heteroatoms. The second-order valence-electron chi connectivity index (χ2n) is 22.6. The summed E-state index contributed by atoms with van der Waals surface area (Å²) in [5.41, 5.74) is 2.13. The summed E-state index contributed by atoms with van der Waals surface area (Å²) < 4.78 is 20.1. The van der Waals surface area contributed by atoms with E-state index < -0.39 is 38.3 Å². The molecule has 0 bridgehead atoms. The van der Waals surface area contributed by atoms with Gasteiger partial charge in [0.1, 0.15) is 23.2 Å². The fourth-order valence-electron chi connectivity index (χ4n) is 11.9. The molecule has 13 rings (SSSR count). The highest BCUT2D eigenvalue weighted by molar-refractivity contribution is 7.08. The number of rotatable bonds is 12. The molecule has 4 aliphatic rings. The van der Waals surface area contributed by atoms with Crippen LogP contribution >= 0.6 is 11.3 Å². The number of fused-ring (bicyclic) bond motifs is 3. The Kier molecular flexibility index (Phi) is 17.8. The Hall–Kier alpha value is -10.4. The van der Waals surface area contributed by atoms with Crippen LogP contribution in [0.25, 0.3) is 32.7 Å². The van der Waals surface area contributed by atoms with Gasteiger partial charge in [0.05, 0.1) is 61.8 Å². The van der Waals surface area contributed by atoms with Crippen molar-refractivity contribution in [1.82, 2.24) is 28.4 Å². The number of para-hydroxylation sites is 3. The molecule has 1 aliphatic carbocycles. The van der Waals surface area contributed by atoms with Crippen molar-refractivity contribution in [1.29, 1.82) is 0 Å². The minimum atomic E-state index is -0.643. The zero-order valence-corrected chi connectivity index (χ0v) is 50.7. The van der Waals surface area contributed by atoms with Crippen LogP contribution in [-0.2, 0) is 25.4 Å². The number of anilines is 3. The highest BCUT2D eigenvalue weighted by Gasteiger charge is 2.36. The smallest absolute Gasteiger partial charge is 0.357 e. The van der Waals surface area contributed by atoms with Crippen LogP contribution in [0.5, 0.6) is 0 Å². The van der Waals surface area contributed by atoms with Gasteiger partial charge in [0.15, 0.2) is 5.76 Å². The molecule has 4 fully saturated rings. The molecule has 3 saturated heterocycles. The van der Waals surface area contributed by atoms with E-state index in [2.05, 4.69) is 0 Å². The number of hydrogen-bond donors (Lipinski definition) is 0. The number of carbonyl (C=O) groups is 4. The number of thiophene rings is 1. The number of nitro groups is 2. The Morgan fingerprint density at radius 2 is 1.03 bits per heavy atom. The number of carbonyl (C=O) groups excluding carboxylic acids is 4. The predicted molar refractivity (Wildman–Crippen MR) is 339 cm³/mol. The Morgan fingerprint density at radius 3 is 1.47 bits per heavy atom. The molecule has 9 heterocycles. The number of nitrogens with zero attached hydrogens (tertiary/aromatic N) is 11. The maximum Gasteiger partial charge on any atom is 0.357 e. The second kappa shape index (κ2) is 26.1. The van der Waals surface area contributed by atoms with Gasteiger partial charge in [-0.05, 0) is 80.5 Å². The fourth-order valence-corrected chi connectivity index (χ4v) is 12.5. The molecule has 466 valence electrons. The molecule has 3 amide bonds. The van der Waals surface area contributed by atoms with Crippen molar-refractivity contribution in [3.8, 4) is 0 Å². The van der Waals surface area contributed by atoms with Gasteiger partial charge in [-0.2, -0.15) is 11.3 Å². The number of esters is 1. The summed E-state index contributed by atoms with van der Waals surface area (Å²) in [6.07, 6.45) is 6.18. The third-order valence-electron chi connectivity index (χ3n) is 16.6. The summed E-state index contributed by atoms with van der Waals surface area (Å²) in [4.78, 5) is 123. The van der Waals surface area contributed by atoms with E-state index in [1.165, 1.54) is 46.3 Å². The Balaban J connectivity index is 0.000000140. The molecule has 1 saturated carbocycles. The van der Waals surface area contributed by atoms with Crippen molar-refractivity contribution in [2.24, 2.45) is 20.0 Å². The number of benzene rings is 3. The van der Waals surface area contributed by atoms with Gasteiger partial charge >= 0.3 is 28.5 Å². The molecule has 25 nitrogen and oxygen atoms in total. The lowest BCUT2D eigenvalue weighted by atomic mass is 10.1. The van der Waals surface area contributed by atoms with Gasteiger partial charge in [-0.15, -0.1) is 0 Å². The highest BCUT2D eigenvalue weighted by atomic mass is 32.1. The fraction of sp³-hybridized carbons (Fsp3) is 0.328. The third-order valence-corrected chi connectivity index (χ3v) is 17.3. The van der Waals surface area contributed by atoms with Crippen LogP contribution < -0.4 is 31.4 Å². The van der Waals surface area contributed by atoms with Crippen molar-refractivity contribution in [3.05, 3.63) is 200 Å². The van der Waals surface area contributed by atoms with Gasteiger partial charge < -0.3 is 56.7 Å². The minimum absolute atomic E-state index is 0.0377. The lowest BCUT2D eigenvalue weighted by Crippen LogP contribution is -2.49. The van der Waals surface area contributed by atoms with E-state index >= 15 is 0 Å². The molecule has 3 aliphatic heterocycles. The van der Waals surface area contributed by atoms with Crippen LogP contribution in [0.1, 0.15) is 68.3 Å². The van der Waals surface area contributed by atoms with E-state index in [1.807, 2.05) is 49.7 Å². The Labute approximate surface area is 518 Å². The predicted octanol–water partition coefficient (Wildman–Crippen LogP) is 8.00. The molecule has 3 aromatic carbocycles. The first-order chi connectivity index (χ1) is 43.4. The van der Waals surface area contributed by atoms with Gasteiger partial charge in [-0.1, -0.05) is 54.6 Å². The van der Waals surface area contributed by atoms with E-state index in [4.69, 9.17) is 13.6 Å². The number of aryl methyl sites for hydroxylation is 2. The molecular formula is C64H65N11O14S. The number of pyridine rings is 3.